The number of halogens is 2. The summed E-state index contributed by atoms with van der Waals surface area (Å²) in [5.41, 5.74) is -0.592. The first-order chi connectivity index (χ1) is 9.08. The fourth-order valence-electron chi connectivity index (χ4n) is 1.99. The molecule has 2 N–H and O–H groups in total. The summed E-state index contributed by atoms with van der Waals surface area (Å²) in [6.45, 7) is -0.134. The van der Waals surface area contributed by atoms with E-state index in [2.05, 4.69) is 10.3 Å². The molecular weight excluding hydrogens is 291 g/mol. The lowest BCUT2D eigenvalue weighted by atomic mass is 9.93. The topological polar surface area (TPSA) is 62.2 Å². The third-order valence-electron chi connectivity index (χ3n) is 3.22. The standard InChI is InChI=1S/C12H14ClFN2O2S/c13-9-8(1-4-15-10(9)14)11(18)16-12(7-17)2-5-19-6-3-12/h1,4,17H,2-3,5-7H2,(H,16,18). The molecule has 0 bridgehead atoms. The Morgan fingerprint density at radius 3 is 2.89 bits per heavy atom. The Bertz CT molecular complexity index is 481. The van der Waals surface area contributed by atoms with Gasteiger partial charge in [0, 0.05) is 6.20 Å². The monoisotopic (exact) mass is 304 g/mol. The molecule has 0 saturated carbocycles. The number of thioether (sulfide) groups is 1. The Morgan fingerprint density at radius 1 is 1.58 bits per heavy atom. The van der Waals surface area contributed by atoms with Crippen molar-refractivity contribution in [3.05, 3.63) is 28.8 Å². The molecule has 4 nitrogen and oxygen atoms in total. The fourth-order valence-corrected chi connectivity index (χ4v) is 3.46. The molecule has 0 atom stereocenters. The first-order valence-electron chi connectivity index (χ1n) is 5.89. The van der Waals surface area contributed by atoms with Gasteiger partial charge in [-0.25, -0.2) is 4.98 Å². The summed E-state index contributed by atoms with van der Waals surface area (Å²) in [6, 6.07) is 1.36. The zero-order valence-electron chi connectivity index (χ0n) is 10.2. The molecule has 1 aliphatic heterocycles. The number of pyridine rings is 1. The van der Waals surface area contributed by atoms with Crippen molar-refractivity contribution in [1.29, 1.82) is 0 Å². The number of carbonyl (C=O) groups is 1. The number of rotatable bonds is 3. The zero-order valence-corrected chi connectivity index (χ0v) is 11.7. The molecule has 1 saturated heterocycles. The van der Waals surface area contributed by atoms with Gasteiger partial charge >= 0.3 is 0 Å². The highest BCUT2D eigenvalue weighted by molar-refractivity contribution is 7.99. The van der Waals surface area contributed by atoms with Crippen LogP contribution in [0, 0.1) is 5.95 Å². The Kier molecular flexibility index (Phi) is 4.65. The molecule has 1 aromatic rings. The molecule has 2 heterocycles. The third-order valence-corrected chi connectivity index (χ3v) is 4.57. The molecular formula is C12H14ClFN2O2S. The van der Waals surface area contributed by atoms with Gasteiger partial charge in [0.15, 0.2) is 0 Å². The molecule has 1 amide bonds. The van der Waals surface area contributed by atoms with E-state index in [9.17, 15) is 14.3 Å². The molecule has 0 unspecified atom stereocenters. The number of nitrogens with zero attached hydrogens (tertiary/aromatic N) is 1. The van der Waals surface area contributed by atoms with Crippen molar-refractivity contribution in [3.63, 3.8) is 0 Å². The molecule has 0 aromatic carbocycles. The number of hydrogen-bond donors (Lipinski definition) is 2. The van der Waals surface area contributed by atoms with Gasteiger partial charge in [-0.3, -0.25) is 4.79 Å². The van der Waals surface area contributed by atoms with Crippen LogP contribution in [0.1, 0.15) is 23.2 Å². The predicted octanol–water partition coefficient (Wildman–Crippen LogP) is 1.86. The summed E-state index contributed by atoms with van der Waals surface area (Å²) in [6.07, 6.45) is 2.56. The number of aliphatic hydroxyl groups excluding tert-OH is 1. The molecule has 7 heteroatoms. The SMILES string of the molecule is O=C(NC1(CO)CCSCC1)c1ccnc(F)c1Cl. The van der Waals surface area contributed by atoms with Crippen molar-refractivity contribution in [2.24, 2.45) is 0 Å². The summed E-state index contributed by atoms with van der Waals surface area (Å²) in [5.74, 6) is 0.400. The second-order valence-electron chi connectivity index (χ2n) is 4.47. The van der Waals surface area contributed by atoms with Gasteiger partial charge in [0.05, 0.1) is 17.7 Å². The Hall–Kier alpha value is -0.850. The summed E-state index contributed by atoms with van der Waals surface area (Å²) in [7, 11) is 0. The second kappa shape index (κ2) is 6.07. The molecule has 1 fully saturated rings. The number of hydrogen-bond acceptors (Lipinski definition) is 4. The largest absolute Gasteiger partial charge is 0.394 e. The van der Waals surface area contributed by atoms with E-state index in [1.165, 1.54) is 12.3 Å². The van der Waals surface area contributed by atoms with E-state index >= 15 is 0 Å². The summed E-state index contributed by atoms with van der Waals surface area (Å²) in [4.78, 5) is 15.5. The van der Waals surface area contributed by atoms with Crippen LogP contribution in [0.2, 0.25) is 5.02 Å². The molecule has 104 valence electrons. The van der Waals surface area contributed by atoms with Crippen molar-refractivity contribution in [3.8, 4) is 0 Å². The normalized spacial score (nSPS) is 18.1. The first kappa shape index (κ1) is 14.6. The van der Waals surface area contributed by atoms with Gasteiger partial charge in [-0.15, -0.1) is 0 Å². The highest BCUT2D eigenvalue weighted by atomic mass is 35.5. The van der Waals surface area contributed by atoms with Gasteiger partial charge in [-0.05, 0) is 30.4 Å². The quantitative estimate of drug-likeness (QED) is 0.837. The fraction of sp³-hybridized carbons (Fsp3) is 0.500. The first-order valence-corrected chi connectivity index (χ1v) is 7.42. The lowest BCUT2D eigenvalue weighted by Gasteiger charge is -2.36. The van der Waals surface area contributed by atoms with Crippen LogP contribution in [0.3, 0.4) is 0 Å². The van der Waals surface area contributed by atoms with Crippen molar-refractivity contribution in [1.82, 2.24) is 10.3 Å². The number of carbonyl (C=O) groups excluding carboxylic acids is 1. The summed E-state index contributed by atoms with van der Waals surface area (Å²) >= 11 is 7.51. The molecule has 0 spiro atoms. The lowest BCUT2D eigenvalue weighted by Crippen LogP contribution is -2.53. The predicted molar refractivity (Wildman–Crippen MR) is 73.0 cm³/mol. The van der Waals surface area contributed by atoms with Crippen molar-refractivity contribution >= 4 is 29.3 Å². The summed E-state index contributed by atoms with van der Waals surface area (Å²) in [5, 5.41) is 12.0. The minimum absolute atomic E-state index is 0.0419. The third kappa shape index (κ3) is 3.19. The van der Waals surface area contributed by atoms with Gasteiger partial charge < -0.3 is 10.4 Å². The number of aromatic nitrogens is 1. The second-order valence-corrected chi connectivity index (χ2v) is 6.07. The maximum Gasteiger partial charge on any atom is 0.253 e. The number of aliphatic hydroxyl groups is 1. The number of nitrogens with one attached hydrogen (secondary N) is 1. The van der Waals surface area contributed by atoms with Crippen LogP contribution in [0.4, 0.5) is 4.39 Å². The average Bonchev–Trinajstić information content (AvgIpc) is 2.42. The molecule has 1 aliphatic rings. The van der Waals surface area contributed by atoms with Crippen LogP contribution in [0.15, 0.2) is 12.3 Å². The minimum atomic E-state index is -0.869. The minimum Gasteiger partial charge on any atom is -0.394 e. The van der Waals surface area contributed by atoms with Crippen LogP contribution in [0.5, 0.6) is 0 Å². The molecule has 19 heavy (non-hydrogen) atoms. The molecule has 1 aromatic heterocycles. The van der Waals surface area contributed by atoms with Gasteiger partial charge in [0.2, 0.25) is 5.95 Å². The smallest absolute Gasteiger partial charge is 0.253 e. The van der Waals surface area contributed by atoms with Crippen LogP contribution in [-0.2, 0) is 0 Å². The maximum atomic E-state index is 13.2. The molecule has 0 radical (unpaired) electrons. The van der Waals surface area contributed by atoms with Crippen LogP contribution in [-0.4, -0.2) is 39.6 Å². The van der Waals surface area contributed by atoms with Crippen molar-refractivity contribution in [2.75, 3.05) is 18.1 Å². The Labute approximate surface area is 119 Å². The van der Waals surface area contributed by atoms with Crippen LogP contribution in [0.25, 0.3) is 0 Å². The van der Waals surface area contributed by atoms with Gasteiger partial charge in [-0.2, -0.15) is 16.2 Å². The van der Waals surface area contributed by atoms with E-state index in [4.69, 9.17) is 11.6 Å². The van der Waals surface area contributed by atoms with Crippen molar-refractivity contribution < 1.29 is 14.3 Å². The highest BCUT2D eigenvalue weighted by Crippen LogP contribution is 2.27. The van der Waals surface area contributed by atoms with Gasteiger partial charge in [-0.1, -0.05) is 11.6 Å². The average molecular weight is 305 g/mol. The van der Waals surface area contributed by atoms with Crippen LogP contribution < -0.4 is 5.32 Å². The Balaban J connectivity index is 2.17. The summed E-state index contributed by atoms with van der Waals surface area (Å²) < 4.78 is 13.2. The van der Waals surface area contributed by atoms with Crippen LogP contribution >= 0.6 is 23.4 Å². The van der Waals surface area contributed by atoms with E-state index < -0.39 is 17.4 Å². The maximum absolute atomic E-state index is 13.2. The lowest BCUT2D eigenvalue weighted by molar-refractivity contribution is 0.0817. The van der Waals surface area contributed by atoms with E-state index in [0.717, 1.165) is 11.5 Å². The van der Waals surface area contributed by atoms with E-state index in [-0.39, 0.29) is 17.2 Å². The molecule has 0 aliphatic carbocycles. The van der Waals surface area contributed by atoms with Gasteiger partial charge in [0.1, 0.15) is 5.02 Å². The van der Waals surface area contributed by atoms with Gasteiger partial charge in [0.25, 0.3) is 5.91 Å². The zero-order chi connectivity index (χ0) is 13.9. The highest BCUT2D eigenvalue weighted by Gasteiger charge is 2.34. The van der Waals surface area contributed by atoms with E-state index in [0.29, 0.717) is 12.8 Å². The van der Waals surface area contributed by atoms with E-state index in [1.807, 2.05) is 0 Å². The van der Waals surface area contributed by atoms with E-state index in [1.54, 1.807) is 11.8 Å². The Morgan fingerprint density at radius 2 is 2.26 bits per heavy atom. The van der Waals surface area contributed by atoms with Crippen molar-refractivity contribution in [2.45, 2.75) is 18.4 Å². The molecule has 2 rings (SSSR count). The number of amides is 1.